The van der Waals surface area contributed by atoms with Gasteiger partial charge >= 0.3 is 5.97 Å². The summed E-state index contributed by atoms with van der Waals surface area (Å²) in [7, 11) is 1.62. The normalized spacial score (nSPS) is 18.5. The molecule has 1 aliphatic rings. The third-order valence-corrected chi connectivity index (χ3v) is 3.66. The van der Waals surface area contributed by atoms with Gasteiger partial charge in [-0.1, -0.05) is 30.3 Å². The van der Waals surface area contributed by atoms with Crippen molar-refractivity contribution in [2.45, 2.75) is 25.5 Å². The van der Waals surface area contributed by atoms with Crippen molar-refractivity contribution in [2.24, 2.45) is 0 Å². The van der Waals surface area contributed by atoms with E-state index in [0.717, 1.165) is 26.1 Å². The van der Waals surface area contributed by atoms with Gasteiger partial charge in [-0.2, -0.15) is 0 Å². The number of carbonyl (C=O) groups excluding carboxylic acids is 1. The van der Waals surface area contributed by atoms with E-state index in [-0.39, 0.29) is 12.1 Å². The third-order valence-electron chi connectivity index (χ3n) is 3.66. The van der Waals surface area contributed by atoms with E-state index < -0.39 is 0 Å². The first-order chi connectivity index (χ1) is 10.8. The number of carbonyl (C=O) groups is 1. The second-order valence-electron chi connectivity index (χ2n) is 5.48. The van der Waals surface area contributed by atoms with Crippen LogP contribution in [-0.4, -0.2) is 57.0 Å². The molecule has 1 atom stereocenters. The van der Waals surface area contributed by atoms with Gasteiger partial charge in [-0.15, -0.1) is 0 Å². The molecule has 1 aliphatic heterocycles. The smallest absolute Gasteiger partial charge is 0.308 e. The lowest BCUT2D eigenvalue weighted by atomic mass is 10.2. The van der Waals surface area contributed by atoms with Crippen molar-refractivity contribution in [3.63, 3.8) is 0 Å². The van der Waals surface area contributed by atoms with Crippen LogP contribution in [0.3, 0.4) is 0 Å². The lowest BCUT2D eigenvalue weighted by Gasteiger charge is -2.16. The zero-order chi connectivity index (χ0) is 15.6. The molecule has 0 bridgehead atoms. The van der Waals surface area contributed by atoms with E-state index in [1.807, 2.05) is 18.2 Å². The molecule has 122 valence electrons. The molecular formula is C17H25NO4. The Morgan fingerprint density at radius 3 is 2.82 bits per heavy atom. The summed E-state index contributed by atoms with van der Waals surface area (Å²) in [5.74, 6) is -0.177. The predicted octanol–water partition coefficient (Wildman–Crippen LogP) is 1.86. The second kappa shape index (κ2) is 9.56. The van der Waals surface area contributed by atoms with Crippen LogP contribution in [0.15, 0.2) is 30.3 Å². The van der Waals surface area contributed by atoms with Crippen LogP contribution in [0.2, 0.25) is 0 Å². The van der Waals surface area contributed by atoms with Crippen molar-refractivity contribution in [2.75, 3.05) is 40.0 Å². The van der Waals surface area contributed by atoms with Crippen molar-refractivity contribution in [1.29, 1.82) is 0 Å². The number of benzene rings is 1. The Morgan fingerprint density at radius 1 is 1.23 bits per heavy atom. The van der Waals surface area contributed by atoms with Gasteiger partial charge in [0.1, 0.15) is 6.10 Å². The summed E-state index contributed by atoms with van der Waals surface area (Å²) >= 11 is 0. The fraction of sp³-hybridized carbons (Fsp3) is 0.588. The number of rotatable bonds is 9. The SMILES string of the molecule is COCCOCCC(=O)O[C@@H]1CCN(Cc2ccccc2)C1. The summed E-state index contributed by atoms with van der Waals surface area (Å²) in [5.41, 5.74) is 1.29. The van der Waals surface area contributed by atoms with E-state index in [9.17, 15) is 4.79 Å². The van der Waals surface area contributed by atoms with E-state index in [4.69, 9.17) is 14.2 Å². The van der Waals surface area contributed by atoms with Crippen molar-refractivity contribution >= 4 is 5.97 Å². The molecule has 0 amide bonds. The molecule has 1 aromatic rings. The average molecular weight is 307 g/mol. The molecule has 0 aromatic heterocycles. The molecule has 1 aromatic carbocycles. The molecule has 0 radical (unpaired) electrons. The summed E-state index contributed by atoms with van der Waals surface area (Å²) in [4.78, 5) is 14.1. The topological polar surface area (TPSA) is 48.0 Å². The summed E-state index contributed by atoms with van der Waals surface area (Å²) in [6, 6.07) is 10.4. The lowest BCUT2D eigenvalue weighted by Crippen LogP contribution is -2.25. The van der Waals surface area contributed by atoms with E-state index in [2.05, 4.69) is 17.0 Å². The maximum absolute atomic E-state index is 11.7. The number of ether oxygens (including phenoxy) is 3. The Kier molecular flexibility index (Phi) is 7.36. The van der Waals surface area contributed by atoms with Crippen LogP contribution in [0.1, 0.15) is 18.4 Å². The van der Waals surface area contributed by atoms with Gasteiger partial charge < -0.3 is 14.2 Å². The Morgan fingerprint density at radius 2 is 2.05 bits per heavy atom. The minimum Gasteiger partial charge on any atom is -0.461 e. The molecule has 0 unspecified atom stereocenters. The standard InChI is InChI=1S/C17H25NO4/c1-20-11-12-21-10-8-17(19)22-16-7-9-18(14-16)13-15-5-3-2-4-6-15/h2-6,16H,7-14H2,1H3/t16-/m1/s1. The Balaban J connectivity index is 1.60. The number of hydrogen-bond acceptors (Lipinski definition) is 5. The van der Waals surface area contributed by atoms with E-state index >= 15 is 0 Å². The molecule has 5 heteroatoms. The largest absolute Gasteiger partial charge is 0.461 e. The summed E-state index contributed by atoms with van der Waals surface area (Å²) < 4.78 is 15.6. The zero-order valence-electron chi connectivity index (χ0n) is 13.2. The molecule has 0 saturated carbocycles. The molecule has 1 heterocycles. The number of hydrogen-bond donors (Lipinski definition) is 0. The van der Waals surface area contributed by atoms with Crippen molar-refractivity contribution in [3.05, 3.63) is 35.9 Å². The van der Waals surface area contributed by atoms with Crippen LogP contribution in [-0.2, 0) is 25.5 Å². The summed E-state index contributed by atoms with van der Waals surface area (Å²) in [6.07, 6.45) is 1.22. The van der Waals surface area contributed by atoms with Gasteiger partial charge in [0.2, 0.25) is 0 Å². The predicted molar refractivity (Wildman–Crippen MR) is 83.5 cm³/mol. The quantitative estimate of drug-likeness (QED) is 0.515. The van der Waals surface area contributed by atoms with Gasteiger partial charge in [0.05, 0.1) is 26.2 Å². The number of esters is 1. The highest BCUT2D eigenvalue weighted by atomic mass is 16.5. The molecule has 5 nitrogen and oxygen atoms in total. The van der Waals surface area contributed by atoms with Crippen LogP contribution in [0, 0.1) is 0 Å². The summed E-state index contributed by atoms with van der Waals surface area (Å²) in [5, 5.41) is 0. The van der Waals surface area contributed by atoms with Gasteiger partial charge in [0, 0.05) is 26.7 Å². The molecule has 1 fully saturated rings. The molecular weight excluding hydrogens is 282 g/mol. The maximum Gasteiger partial charge on any atom is 0.308 e. The van der Waals surface area contributed by atoms with Gasteiger partial charge in [-0.05, 0) is 12.0 Å². The maximum atomic E-state index is 11.7. The number of methoxy groups -OCH3 is 1. The van der Waals surface area contributed by atoms with Gasteiger partial charge in [-0.25, -0.2) is 0 Å². The number of likely N-dealkylation sites (tertiary alicyclic amines) is 1. The molecule has 0 aliphatic carbocycles. The number of nitrogens with zero attached hydrogens (tertiary/aromatic N) is 1. The van der Waals surface area contributed by atoms with E-state index in [0.29, 0.717) is 26.2 Å². The Labute approximate surface area is 132 Å². The van der Waals surface area contributed by atoms with Crippen molar-refractivity contribution in [1.82, 2.24) is 4.90 Å². The molecule has 2 rings (SSSR count). The third kappa shape index (κ3) is 6.13. The van der Waals surface area contributed by atoms with Crippen LogP contribution < -0.4 is 0 Å². The average Bonchev–Trinajstić information content (AvgIpc) is 2.95. The highest BCUT2D eigenvalue weighted by Gasteiger charge is 2.25. The second-order valence-corrected chi connectivity index (χ2v) is 5.48. The first-order valence-electron chi connectivity index (χ1n) is 7.80. The van der Waals surface area contributed by atoms with Crippen LogP contribution in [0.4, 0.5) is 0 Å². The summed E-state index contributed by atoms with van der Waals surface area (Å²) in [6.45, 7) is 4.14. The van der Waals surface area contributed by atoms with Gasteiger partial charge in [0.25, 0.3) is 0 Å². The van der Waals surface area contributed by atoms with Gasteiger partial charge in [0.15, 0.2) is 0 Å². The highest BCUT2D eigenvalue weighted by molar-refractivity contribution is 5.69. The first-order valence-corrected chi connectivity index (χ1v) is 7.80. The zero-order valence-corrected chi connectivity index (χ0v) is 13.2. The monoisotopic (exact) mass is 307 g/mol. The van der Waals surface area contributed by atoms with Crippen LogP contribution in [0.25, 0.3) is 0 Å². The van der Waals surface area contributed by atoms with E-state index in [1.54, 1.807) is 7.11 Å². The lowest BCUT2D eigenvalue weighted by molar-refractivity contribution is -0.149. The highest BCUT2D eigenvalue weighted by Crippen LogP contribution is 2.16. The Bertz CT molecular complexity index is 438. The fourth-order valence-electron chi connectivity index (χ4n) is 2.52. The minimum absolute atomic E-state index is 0.00943. The molecule has 22 heavy (non-hydrogen) atoms. The first kappa shape index (κ1) is 16.9. The van der Waals surface area contributed by atoms with Crippen molar-refractivity contribution in [3.8, 4) is 0 Å². The van der Waals surface area contributed by atoms with Crippen LogP contribution >= 0.6 is 0 Å². The fourth-order valence-corrected chi connectivity index (χ4v) is 2.52. The molecule has 0 N–H and O–H groups in total. The van der Waals surface area contributed by atoms with Crippen molar-refractivity contribution < 1.29 is 19.0 Å². The molecule has 0 spiro atoms. The van der Waals surface area contributed by atoms with Crippen LogP contribution in [0.5, 0.6) is 0 Å². The Hall–Kier alpha value is -1.43. The van der Waals surface area contributed by atoms with E-state index in [1.165, 1.54) is 5.56 Å². The van der Waals surface area contributed by atoms with Gasteiger partial charge in [-0.3, -0.25) is 9.69 Å². The molecule has 1 saturated heterocycles. The minimum atomic E-state index is -0.177.